The maximum atomic E-state index is 10.8. The number of hydrogen-bond donors (Lipinski definition) is 2. The van der Waals surface area contributed by atoms with E-state index in [1.807, 2.05) is 29.8 Å². The minimum absolute atomic E-state index is 0.518. The van der Waals surface area contributed by atoms with Crippen molar-refractivity contribution in [1.82, 2.24) is 14.5 Å². The highest BCUT2D eigenvalue weighted by Crippen LogP contribution is 2.20. The van der Waals surface area contributed by atoms with Crippen molar-refractivity contribution >= 4 is 28.8 Å². The predicted octanol–water partition coefficient (Wildman–Crippen LogP) is 2.33. The summed E-state index contributed by atoms with van der Waals surface area (Å²) < 4.78 is 1.90. The van der Waals surface area contributed by atoms with Gasteiger partial charge in [0, 0.05) is 29.8 Å². The van der Waals surface area contributed by atoms with Gasteiger partial charge >= 0.3 is 0 Å². The van der Waals surface area contributed by atoms with Gasteiger partial charge in [-0.1, -0.05) is 6.92 Å². The van der Waals surface area contributed by atoms with Gasteiger partial charge in [-0.25, -0.2) is 4.98 Å². The Morgan fingerprint density at radius 1 is 1.39 bits per heavy atom. The Kier molecular flexibility index (Phi) is 4.01. The second-order valence-electron chi connectivity index (χ2n) is 4.99. The van der Waals surface area contributed by atoms with Crippen molar-refractivity contribution in [3.63, 3.8) is 0 Å². The minimum Gasteiger partial charge on any atom is -0.386 e. The molecule has 3 heterocycles. The summed E-state index contributed by atoms with van der Waals surface area (Å²) in [5.74, 6) is 0.518. The molecular formula is C16H16N6O. The maximum Gasteiger partial charge on any atom is 0.151 e. The standard InChI is InChI=1S/C16H16N6O/c1-2-15(17)21-20-13-6-14(9-18-8-13)22-4-3-12-5-11(10-23)7-19-16(12)22/h3-10,20H,2H2,1H3,(H2,17,21). The SMILES string of the molecule is CC/C(N)=N/Nc1cncc(-n2ccc3cc(C=O)cnc32)c1. The molecule has 7 heteroatoms. The molecule has 3 aromatic heterocycles. The highest BCUT2D eigenvalue weighted by Gasteiger charge is 2.06. The van der Waals surface area contributed by atoms with Crippen LogP contribution in [0.5, 0.6) is 0 Å². The fourth-order valence-electron chi connectivity index (χ4n) is 2.15. The zero-order valence-corrected chi connectivity index (χ0v) is 12.6. The Bertz CT molecular complexity index is 883. The first-order valence-corrected chi connectivity index (χ1v) is 7.17. The Morgan fingerprint density at radius 3 is 3.04 bits per heavy atom. The van der Waals surface area contributed by atoms with E-state index in [0.29, 0.717) is 17.8 Å². The van der Waals surface area contributed by atoms with Gasteiger partial charge in [-0.15, -0.1) is 0 Å². The molecule has 0 unspecified atom stereocenters. The van der Waals surface area contributed by atoms with E-state index >= 15 is 0 Å². The summed E-state index contributed by atoms with van der Waals surface area (Å²) in [6.07, 6.45) is 8.29. The molecule has 7 nitrogen and oxygen atoms in total. The summed E-state index contributed by atoms with van der Waals surface area (Å²) in [6.45, 7) is 1.93. The Hall–Kier alpha value is -3.22. The molecule has 116 valence electrons. The molecule has 3 aromatic rings. The second-order valence-corrected chi connectivity index (χ2v) is 4.99. The average Bonchev–Trinajstić information content (AvgIpc) is 3.02. The number of rotatable bonds is 5. The van der Waals surface area contributed by atoms with E-state index in [-0.39, 0.29) is 0 Å². The third-order valence-electron chi connectivity index (χ3n) is 3.38. The number of nitrogens with zero attached hydrogens (tertiary/aromatic N) is 4. The van der Waals surface area contributed by atoms with Crippen LogP contribution in [0.4, 0.5) is 5.69 Å². The van der Waals surface area contributed by atoms with Crippen LogP contribution in [0.15, 0.2) is 48.1 Å². The molecule has 0 atom stereocenters. The van der Waals surface area contributed by atoms with Crippen LogP contribution in [0.2, 0.25) is 0 Å². The van der Waals surface area contributed by atoms with Crippen LogP contribution in [0.25, 0.3) is 16.7 Å². The summed E-state index contributed by atoms with van der Waals surface area (Å²) in [5.41, 5.74) is 11.4. The first-order valence-electron chi connectivity index (χ1n) is 7.17. The quantitative estimate of drug-likeness (QED) is 0.326. The van der Waals surface area contributed by atoms with Gasteiger partial charge in [0.2, 0.25) is 0 Å². The number of hydrogen-bond acceptors (Lipinski definition) is 5. The molecule has 0 fully saturated rings. The molecule has 0 radical (unpaired) electrons. The third kappa shape index (κ3) is 3.03. The van der Waals surface area contributed by atoms with Crippen molar-refractivity contribution in [1.29, 1.82) is 0 Å². The number of pyridine rings is 2. The number of aromatic nitrogens is 3. The average molecular weight is 308 g/mol. The van der Waals surface area contributed by atoms with Gasteiger partial charge in [0.15, 0.2) is 6.29 Å². The number of nitrogens with one attached hydrogen (secondary N) is 1. The molecule has 0 aliphatic carbocycles. The molecule has 0 aliphatic heterocycles. The van der Waals surface area contributed by atoms with E-state index in [1.54, 1.807) is 24.7 Å². The van der Waals surface area contributed by atoms with Crippen LogP contribution >= 0.6 is 0 Å². The van der Waals surface area contributed by atoms with E-state index in [9.17, 15) is 4.79 Å². The lowest BCUT2D eigenvalue weighted by Gasteiger charge is -2.07. The van der Waals surface area contributed by atoms with Crippen molar-refractivity contribution < 1.29 is 4.79 Å². The Morgan fingerprint density at radius 2 is 2.26 bits per heavy atom. The normalized spacial score (nSPS) is 11.6. The van der Waals surface area contributed by atoms with Gasteiger partial charge in [0.25, 0.3) is 0 Å². The largest absolute Gasteiger partial charge is 0.386 e. The van der Waals surface area contributed by atoms with Crippen molar-refractivity contribution in [2.75, 3.05) is 5.43 Å². The van der Waals surface area contributed by atoms with Crippen molar-refractivity contribution in [3.8, 4) is 5.69 Å². The van der Waals surface area contributed by atoms with Crippen LogP contribution in [0.3, 0.4) is 0 Å². The number of nitrogens with two attached hydrogens (primary N) is 1. The first kappa shape index (κ1) is 14.7. The molecule has 23 heavy (non-hydrogen) atoms. The highest BCUT2D eigenvalue weighted by molar-refractivity contribution is 5.85. The van der Waals surface area contributed by atoms with Gasteiger partial charge in [-0.3, -0.25) is 19.8 Å². The van der Waals surface area contributed by atoms with Gasteiger partial charge in [-0.2, -0.15) is 5.10 Å². The van der Waals surface area contributed by atoms with Crippen LogP contribution in [-0.2, 0) is 0 Å². The van der Waals surface area contributed by atoms with Crippen LogP contribution in [-0.4, -0.2) is 26.7 Å². The fourth-order valence-corrected chi connectivity index (χ4v) is 2.15. The number of amidine groups is 1. The van der Waals surface area contributed by atoms with Crippen LogP contribution in [0, 0.1) is 0 Å². The summed E-state index contributed by atoms with van der Waals surface area (Å²) in [5, 5.41) is 4.95. The van der Waals surface area contributed by atoms with E-state index < -0.39 is 0 Å². The van der Waals surface area contributed by atoms with Crippen molar-refractivity contribution in [2.24, 2.45) is 10.8 Å². The van der Waals surface area contributed by atoms with E-state index in [4.69, 9.17) is 5.73 Å². The van der Waals surface area contributed by atoms with Gasteiger partial charge < -0.3 is 5.73 Å². The summed E-state index contributed by atoms with van der Waals surface area (Å²) in [6, 6.07) is 5.60. The zero-order valence-electron chi connectivity index (χ0n) is 12.6. The molecule has 0 spiro atoms. The summed E-state index contributed by atoms with van der Waals surface area (Å²) >= 11 is 0. The van der Waals surface area contributed by atoms with Gasteiger partial charge in [0.05, 0.1) is 23.8 Å². The molecule has 3 N–H and O–H groups in total. The number of carbonyl (C=O) groups is 1. The van der Waals surface area contributed by atoms with Crippen LogP contribution < -0.4 is 11.2 Å². The number of anilines is 1. The molecular weight excluding hydrogens is 292 g/mol. The first-order chi connectivity index (χ1) is 11.2. The van der Waals surface area contributed by atoms with Crippen molar-refractivity contribution in [2.45, 2.75) is 13.3 Å². The maximum absolute atomic E-state index is 10.8. The number of fused-ring (bicyclic) bond motifs is 1. The molecule has 3 rings (SSSR count). The van der Waals surface area contributed by atoms with Crippen molar-refractivity contribution in [3.05, 3.63) is 48.5 Å². The molecule has 0 aliphatic rings. The fraction of sp³-hybridized carbons (Fsp3) is 0.125. The minimum atomic E-state index is 0.518. The smallest absolute Gasteiger partial charge is 0.151 e. The van der Waals surface area contributed by atoms with E-state index in [2.05, 4.69) is 20.5 Å². The Balaban J connectivity index is 1.97. The Labute approximate surface area is 132 Å². The summed E-state index contributed by atoms with van der Waals surface area (Å²) in [7, 11) is 0. The molecule has 0 amide bonds. The second kappa shape index (κ2) is 6.27. The highest BCUT2D eigenvalue weighted by atomic mass is 16.1. The molecule has 0 aromatic carbocycles. The monoisotopic (exact) mass is 308 g/mol. The van der Waals surface area contributed by atoms with Gasteiger partial charge in [-0.05, 0) is 18.2 Å². The molecule has 0 saturated heterocycles. The number of carbonyl (C=O) groups excluding carboxylic acids is 1. The lowest BCUT2D eigenvalue weighted by Crippen LogP contribution is -2.12. The number of aldehydes is 1. The lowest BCUT2D eigenvalue weighted by atomic mass is 10.2. The predicted molar refractivity (Wildman–Crippen MR) is 89.8 cm³/mol. The molecule has 0 bridgehead atoms. The number of hydrazone groups is 1. The van der Waals surface area contributed by atoms with E-state index in [0.717, 1.165) is 28.7 Å². The van der Waals surface area contributed by atoms with Crippen LogP contribution in [0.1, 0.15) is 23.7 Å². The lowest BCUT2D eigenvalue weighted by molar-refractivity contribution is 0.112. The summed E-state index contributed by atoms with van der Waals surface area (Å²) in [4.78, 5) is 19.4. The zero-order chi connectivity index (χ0) is 16.2. The van der Waals surface area contributed by atoms with E-state index in [1.165, 1.54) is 0 Å². The van der Waals surface area contributed by atoms with Gasteiger partial charge in [0.1, 0.15) is 11.5 Å². The third-order valence-corrected chi connectivity index (χ3v) is 3.38. The topological polar surface area (TPSA) is 98.2 Å². The molecule has 0 saturated carbocycles.